The minimum atomic E-state index is 0.0582. The molecule has 2 N–H and O–H groups in total. The quantitative estimate of drug-likeness (QED) is 0.863. The van der Waals surface area contributed by atoms with Crippen LogP contribution in [-0.2, 0) is 7.05 Å². The highest BCUT2D eigenvalue weighted by molar-refractivity contribution is 5.44. The van der Waals surface area contributed by atoms with Gasteiger partial charge in [-0.05, 0) is 12.1 Å². The molecular weight excluding hydrogens is 252 g/mol. The van der Waals surface area contributed by atoms with Gasteiger partial charge in [-0.15, -0.1) is 0 Å². The molecule has 6 heteroatoms. The van der Waals surface area contributed by atoms with E-state index in [0.29, 0.717) is 5.56 Å². The molecule has 1 fully saturated rings. The van der Waals surface area contributed by atoms with Crippen LogP contribution < -0.4 is 10.6 Å². The number of hydrogen-bond acceptors (Lipinski definition) is 5. The van der Waals surface area contributed by atoms with Crippen LogP contribution in [0.2, 0.25) is 0 Å². The number of hydrogen-bond donors (Lipinski definition) is 1. The van der Waals surface area contributed by atoms with E-state index in [9.17, 15) is 0 Å². The summed E-state index contributed by atoms with van der Waals surface area (Å²) in [7, 11) is 1.98. The zero-order chi connectivity index (χ0) is 14.1. The minimum Gasteiger partial charge on any atom is -0.354 e. The zero-order valence-corrected chi connectivity index (χ0v) is 11.3. The Morgan fingerprint density at radius 1 is 1.35 bits per heavy atom. The van der Waals surface area contributed by atoms with E-state index in [1.807, 2.05) is 23.9 Å². The summed E-state index contributed by atoms with van der Waals surface area (Å²) in [6.45, 7) is 1.58. The fourth-order valence-electron chi connectivity index (χ4n) is 2.69. The molecule has 0 unspecified atom stereocenters. The lowest BCUT2D eigenvalue weighted by atomic mass is 10.0. The first-order valence-corrected chi connectivity index (χ1v) is 6.52. The van der Waals surface area contributed by atoms with Crippen molar-refractivity contribution in [3.63, 3.8) is 0 Å². The summed E-state index contributed by atoms with van der Waals surface area (Å²) in [5.74, 6) is 1.11. The van der Waals surface area contributed by atoms with Gasteiger partial charge in [0, 0.05) is 50.2 Å². The van der Waals surface area contributed by atoms with Gasteiger partial charge in [-0.25, -0.2) is 9.97 Å². The van der Waals surface area contributed by atoms with Crippen molar-refractivity contribution in [3.05, 3.63) is 42.1 Å². The molecule has 3 heterocycles. The summed E-state index contributed by atoms with van der Waals surface area (Å²) >= 11 is 0. The fourth-order valence-corrected chi connectivity index (χ4v) is 2.69. The molecule has 20 heavy (non-hydrogen) atoms. The summed E-state index contributed by atoms with van der Waals surface area (Å²) in [5, 5.41) is 8.80. The molecule has 6 nitrogen and oxygen atoms in total. The number of nitriles is 1. The Balaban J connectivity index is 1.81. The Bertz CT molecular complexity index is 638. The van der Waals surface area contributed by atoms with Crippen LogP contribution in [0, 0.1) is 11.3 Å². The second-order valence-corrected chi connectivity index (χ2v) is 5.12. The first kappa shape index (κ1) is 12.6. The molecular formula is C14H16N6. The van der Waals surface area contributed by atoms with E-state index in [4.69, 9.17) is 11.0 Å². The highest BCUT2D eigenvalue weighted by Crippen LogP contribution is 2.28. The maximum atomic E-state index is 8.80. The number of imidazole rings is 1. The summed E-state index contributed by atoms with van der Waals surface area (Å²) < 4.78 is 2.01. The monoisotopic (exact) mass is 268 g/mol. The van der Waals surface area contributed by atoms with Gasteiger partial charge in [0.2, 0.25) is 0 Å². The highest BCUT2D eigenvalue weighted by Gasteiger charge is 2.33. The van der Waals surface area contributed by atoms with E-state index in [-0.39, 0.29) is 12.0 Å². The Hall–Kier alpha value is -2.39. The molecule has 0 radical (unpaired) electrons. The number of rotatable bonds is 2. The van der Waals surface area contributed by atoms with Crippen LogP contribution >= 0.6 is 0 Å². The van der Waals surface area contributed by atoms with Crippen LogP contribution in [0.4, 0.5) is 5.82 Å². The number of aromatic nitrogens is 3. The van der Waals surface area contributed by atoms with Crippen LogP contribution in [0.1, 0.15) is 17.2 Å². The smallest absolute Gasteiger partial charge is 0.128 e. The topological polar surface area (TPSA) is 83.8 Å². The number of aryl methyl sites for hydroxylation is 1. The van der Waals surface area contributed by atoms with Gasteiger partial charge in [-0.2, -0.15) is 5.26 Å². The van der Waals surface area contributed by atoms with E-state index in [2.05, 4.69) is 20.9 Å². The fraction of sp³-hybridized carbons (Fsp3) is 0.357. The van der Waals surface area contributed by atoms with Crippen LogP contribution in [0.15, 0.2) is 30.9 Å². The predicted molar refractivity (Wildman–Crippen MR) is 75.1 cm³/mol. The molecule has 2 aromatic rings. The third-order valence-electron chi connectivity index (χ3n) is 3.80. The largest absolute Gasteiger partial charge is 0.354 e. The van der Waals surface area contributed by atoms with E-state index in [1.165, 1.54) is 0 Å². The standard InChI is InChI=1S/C14H16N6/c1-19-9-17-6-13(19)11-7-20(8-12(11)16)14-3-2-10(4-15)5-18-14/h2-3,5-6,9,11-12H,7-8,16H2,1H3/t11-,12-/m1/s1. The van der Waals surface area contributed by atoms with Crippen molar-refractivity contribution in [2.24, 2.45) is 12.8 Å². The second kappa shape index (κ2) is 4.94. The third kappa shape index (κ3) is 2.12. The number of pyridine rings is 1. The summed E-state index contributed by atoms with van der Waals surface area (Å²) in [4.78, 5) is 10.6. The Morgan fingerprint density at radius 2 is 2.20 bits per heavy atom. The average molecular weight is 268 g/mol. The van der Waals surface area contributed by atoms with E-state index < -0.39 is 0 Å². The van der Waals surface area contributed by atoms with Gasteiger partial charge in [0.15, 0.2) is 0 Å². The molecule has 1 aliphatic heterocycles. The molecule has 102 valence electrons. The average Bonchev–Trinajstić information content (AvgIpc) is 3.05. The van der Waals surface area contributed by atoms with Gasteiger partial charge in [0.1, 0.15) is 11.9 Å². The van der Waals surface area contributed by atoms with Crippen molar-refractivity contribution in [2.45, 2.75) is 12.0 Å². The van der Waals surface area contributed by atoms with Crippen molar-refractivity contribution in [1.29, 1.82) is 5.26 Å². The van der Waals surface area contributed by atoms with Gasteiger partial charge in [0.05, 0.1) is 11.9 Å². The van der Waals surface area contributed by atoms with Gasteiger partial charge in [-0.3, -0.25) is 0 Å². The third-order valence-corrected chi connectivity index (χ3v) is 3.80. The summed E-state index contributed by atoms with van der Waals surface area (Å²) in [6, 6.07) is 5.79. The number of nitrogens with zero attached hydrogens (tertiary/aromatic N) is 5. The molecule has 2 aromatic heterocycles. The first-order chi connectivity index (χ1) is 9.69. The first-order valence-electron chi connectivity index (χ1n) is 6.52. The van der Waals surface area contributed by atoms with Crippen LogP contribution in [0.25, 0.3) is 0 Å². The van der Waals surface area contributed by atoms with Crippen molar-refractivity contribution in [2.75, 3.05) is 18.0 Å². The molecule has 1 saturated heterocycles. The maximum Gasteiger partial charge on any atom is 0.128 e. The van der Waals surface area contributed by atoms with Crippen LogP contribution in [-0.4, -0.2) is 33.7 Å². The molecule has 0 aromatic carbocycles. The molecule has 2 atom stereocenters. The lowest BCUT2D eigenvalue weighted by molar-refractivity contribution is 0.611. The SMILES string of the molecule is Cn1cncc1[C@@H]1CN(c2ccc(C#N)cn2)C[C@H]1N. The van der Waals surface area contributed by atoms with Crippen molar-refractivity contribution in [1.82, 2.24) is 14.5 Å². The molecule has 1 aliphatic rings. The van der Waals surface area contributed by atoms with Gasteiger partial charge < -0.3 is 15.2 Å². The van der Waals surface area contributed by atoms with E-state index >= 15 is 0 Å². The van der Waals surface area contributed by atoms with E-state index in [0.717, 1.165) is 24.6 Å². The Labute approximate surface area is 117 Å². The van der Waals surface area contributed by atoms with Gasteiger partial charge >= 0.3 is 0 Å². The van der Waals surface area contributed by atoms with Crippen molar-refractivity contribution in [3.8, 4) is 6.07 Å². The maximum absolute atomic E-state index is 8.80. The zero-order valence-electron chi connectivity index (χ0n) is 11.3. The molecule has 0 spiro atoms. The minimum absolute atomic E-state index is 0.0582. The predicted octanol–water partition coefficient (Wildman–Crippen LogP) is 0.618. The Morgan fingerprint density at radius 3 is 2.80 bits per heavy atom. The van der Waals surface area contributed by atoms with E-state index in [1.54, 1.807) is 18.6 Å². The number of nitrogens with two attached hydrogens (primary N) is 1. The molecule has 3 rings (SSSR count). The Kier molecular flexibility index (Phi) is 3.12. The van der Waals surface area contributed by atoms with Crippen LogP contribution in [0.5, 0.6) is 0 Å². The number of anilines is 1. The van der Waals surface area contributed by atoms with Crippen molar-refractivity contribution < 1.29 is 0 Å². The molecule has 0 saturated carbocycles. The lowest BCUT2D eigenvalue weighted by Crippen LogP contribution is -2.29. The summed E-state index contributed by atoms with van der Waals surface area (Å²) in [6.07, 6.45) is 5.27. The van der Waals surface area contributed by atoms with Gasteiger partial charge in [0.25, 0.3) is 0 Å². The normalized spacial score (nSPS) is 21.9. The lowest BCUT2D eigenvalue weighted by Gasteiger charge is -2.17. The highest BCUT2D eigenvalue weighted by atomic mass is 15.2. The van der Waals surface area contributed by atoms with Crippen molar-refractivity contribution >= 4 is 5.82 Å². The van der Waals surface area contributed by atoms with Crippen LogP contribution in [0.3, 0.4) is 0 Å². The van der Waals surface area contributed by atoms with Gasteiger partial charge in [-0.1, -0.05) is 0 Å². The molecule has 0 bridgehead atoms. The molecule has 0 aliphatic carbocycles. The second-order valence-electron chi connectivity index (χ2n) is 5.12. The molecule has 0 amide bonds. The summed E-state index contributed by atoms with van der Waals surface area (Å²) in [5.41, 5.74) is 7.98.